The molecule has 0 aromatic heterocycles. The topological polar surface area (TPSA) is 29.1 Å². The largest absolute Gasteiger partial charge is 0.346 e. The van der Waals surface area contributed by atoms with Gasteiger partial charge in [-0.3, -0.25) is 4.79 Å². The standard InChI is InChI=1S/C14H17Br2NO/c1-10-8-11(4-5-12(10)16)13(18)17-14(9-15)6-2-3-7-14/h4-5,8H,2-3,6-7,9H2,1H3,(H,17,18). The Morgan fingerprint density at radius 3 is 2.61 bits per heavy atom. The molecular weight excluding hydrogens is 358 g/mol. The zero-order chi connectivity index (χ0) is 13.2. The number of carbonyl (C=O) groups is 1. The van der Waals surface area contributed by atoms with Gasteiger partial charge in [-0.15, -0.1) is 0 Å². The number of hydrogen-bond acceptors (Lipinski definition) is 1. The zero-order valence-corrected chi connectivity index (χ0v) is 13.6. The van der Waals surface area contributed by atoms with E-state index >= 15 is 0 Å². The van der Waals surface area contributed by atoms with Crippen LogP contribution in [0.5, 0.6) is 0 Å². The van der Waals surface area contributed by atoms with Crippen molar-refractivity contribution in [2.45, 2.75) is 38.1 Å². The Kier molecular flexibility index (Phi) is 4.49. The highest BCUT2D eigenvalue weighted by molar-refractivity contribution is 9.10. The van der Waals surface area contributed by atoms with E-state index in [1.165, 1.54) is 12.8 Å². The lowest BCUT2D eigenvalue weighted by atomic mass is 9.99. The van der Waals surface area contributed by atoms with Crippen molar-refractivity contribution in [1.29, 1.82) is 0 Å². The molecule has 18 heavy (non-hydrogen) atoms. The van der Waals surface area contributed by atoms with Crippen molar-refractivity contribution in [1.82, 2.24) is 5.32 Å². The second-order valence-corrected chi connectivity index (χ2v) is 6.45. The lowest BCUT2D eigenvalue weighted by molar-refractivity contribution is 0.0910. The molecule has 1 amide bonds. The van der Waals surface area contributed by atoms with Crippen LogP contribution < -0.4 is 5.32 Å². The minimum Gasteiger partial charge on any atom is -0.346 e. The fraction of sp³-hybridized carbons (Fsp3) is 0.500. The van der Waals surface area contributed by atoms with Crippen LogP contribution in [0.3, 0.4) is 0 Å². The third-order valence-electron chi connectivity index (χ3n) is 3.62. The van der Waals surface area contributed by atoms with Crippen LogP contribution in [0.2, 0.25) is 0 Å². The number of amides is 1. The molecule has 1 fully saturated rings. The maximum Gasteiger partial charge on any atom is 0.251 e. The first-order valence-corrected chi connectivity index (χ1v) is 8.12. The minimum absolute atomic E-state index is 0.0342. The average Bonchev–Trinajstić information content (AvgIpc) is 2.82. The molecule has 0 radical (unpaired) electrons. The summed E-state index contributed by atoms with van der Waals surface area (Å²) in [5.41, 5.74) is 1.78. The van der Waals surface area contributed by atoms with Crippen LogP contribution in [0.4, 0.5) is 0 Å². The molecule has 0 saturated heterocycles. The first-order valence-electron chi connectivity index (χ1n) is 6.21. The molecule has 0 aliphatic heterocycles. The van der Waals surface area contributed by atoms with Crippen molar-refractivity contribution in [3.63, 3.8) is 0 Å². The first kappa shape index (κ1) is 14.1. The van der Waals surface area contributed by atoms with E-state index in [-0.39, 0.29) is 11.4 Å². The van der Waals surface area contributed by atoms with Crippen LogP contribution in [0.25, 0.3) is 0 Å². The molecule has 1 aliphatic rings. The monoisotopic (exact) mass is 373 g/mol. The minimum atomic E-state index is -0.0436. The van der Waals surface area contributed by atoms with Gasteiger partial charge in [0, 0.05) is 15.4 Å². The van der Waals surface area contributed by atoms with Crippen molar-refractivity contribution >= 4 is 37.8 Å². The summed E-state index contributed by atoms with van der Waals surface area (Å²) >= 11 is 6.99. The van der Waals surface area contributed by atoms with Gasteiger partial charge >= 0.3 is 0 Å². The third kappa shape index (κ3) is 2.97. The lowest BCUT2D eigenvalue weighted by Gasteiger charge is -2.28. The Labute approximate surface area is 125 Å². The summed E-state index contributed by atoms with van der Waals surface area (Å²) in [6.07, 6.45) is 4.54. The smallest absolute Gasteiger partial charge is 0.251 e. The van der Waals surface area contributed by atoms with E-state index in [1.807, 2.05) is 25.1 Å². The first-order chi connectivity index (χ1) is 8.56. The average molecular weight is 375 g/mol. The van der Waals surface area contributed by atoms with Gasteiger partial charge in [-0.2, -0.15) is 0 Å². The van der Waals surface area contributed by atoms with Gasteiger partial charge in [0.2, 0.25) is 0 Å². The van der Waals surface area contributed by atoms with Gasteiger partial charge < -0.3 is 5.32 Å². The third-order valence-corrected chi connectivity index (χ3v) is 5.58. The number of alkyl halides is 1. The highest BCUT2D eigenvalue weighted by Gasteiger charge is 2.34. The zero-order valence-electron chi connectivity index (χ0n) is 10.4. The highest BCUT2D eigenvalue weighted by atomic mass is 79.9. The molecule has 0 unspecified atom stereocenters. The van der Waals surface area contributed by atoms with Gasteiger partial charge in [0.25, 0.3) is 5.91 Å². The molecule has 1 aliphatic carbocycles. The van der Waals surface area contributed by atoms with E-state index in [1.54, 1.807) is 0 Å². The van der Waals surface area contributed by atoms with E-state index in [0.29, 0.717) is 0 Å². The molecule has 0 spiro atoms. The van der Waals surface area contributed by atoms with Crippen molar-refractivity contribution in [3.8, 4) is 0 Å². The SMILES string of the molecule is Cc1cc(C(=O)NC2(CBr)CCCC2)ccc1Br. The Bertz CT molecular complexity index is 453. The van der Waals surface area contributed by atoms with E-state index < -0.39 is 0 Å². The molecular formula is C14H17Br2NO. The summed E-state index contributed by atoms with van der Waals surface area (Å²) in [5, 5.41) is 4.04. The molecule has 0 heterocycles. The van der Waals surface area contributed by atoms with E-state index in [0.717, 1.165) is 33.8 Å². The van der Waals surface area contributed by atoms with Crippen molar-refractivity contribution in [2.75, 3.05) is 5.33 Å². The molecule has 98 valence electrons. The van der Waals surface area contributed by atoms with Crippen molar-refractivity contribution in [2.24, 2.45) is 0 Å². The van der Waals surface area contributed by atoms with Gasteiger partial charge in [-0.05, 0) is 43.5 Å². The van der Waals surface area contributed by atoms with Crippen LogP contribution in [0, 0.1) is 6.92 Å². The number of nitrogens with one attached hydrogen (secondary N) is 1. The molecule has 2 rings (SSSR count). The number of aryl methyl sites for hydroxylation is 1. The fourth-order valence-corrected chi connectivity index (χ4v) is 3.39. The Balaban J connectivity index is 2.13. The molecule has 1 N–H and O–H groups in total. The Morgan fingerprint density at radius 2 is 2.06 bits per heavy atom. The summed E-state index contributed by atoms with van der Waals surface area (Å²) in [5.74, 6) is 0.0342. The maximum atomic E-state index is 12.3. The molecule has 2 nitrogen and oxygen atoms in total. The molecule has 0 atom stereocenters. The second-order valence-electron chi connectivity index (χ2n) is 5.04. The van der Waals surface area contributed by atoms with Crippen LogP contribution >= 0.6 is 31.9 Å². The number of benzene rings is 1. The number of rotatable bonds is 3. The normalized spacial score (nSPS) is 17.7. The van der Waals surface area contributed by atoms with Gasteiger partial charge in [0.05, 0.1) is 5.54 Å². The Hall–Kier alpha value is -0.350. The van der Waals surface area contributed by atoms with Gasteiger partial charge in [-0.25, -0.2) is 0 Å². The van der Waals surface area contributed by atoms with Gasteiger partial charge in [0.1, 0.15) is 0 Å². The van der Waals surface area contributed by atoms with Crippen LogP contribution in [0.1, 0.15) is 41.6 Å². The summed E-state index contributed by atoms with van der Waals surface area (Å²) in [6, 6.07) is 5.72. The van der Waals surface area contributed by atoms with Gasteiger partial charge in [0.15, 0.2) is 0 Å². The van der Waals surface area contributed by atoms with Crippen molar-refractivity contribution < 1.29 is 4.79 Å². The number of carbonyl (C=O) groups excluding carboxylic acids is 1. The molecule has 1 aromatic carbocycles. The van der Waals surface area contributed by atoms with E-state index in [2.05, 4.69) is 37.2 Å². The highest BCUT2D eigenvalue weighted by Crippen LogP contribution is 2.31. The van der Waals surface area contributed by atoms with Crippen LogP contribution in [0.15, 0.2) is 22.7 Å². The predicted octanol–water partition coefficient (Wildman–Crippen LogP) is 4.20. The summed E-state index contributed by atoms with van der Waals surface area (Å²) in [7, 11) is 0. The maximum absolute atomic E-state index is 12.3. The molecule has 4 heteroatoms. The van der Waals surface area contributed by atoms with E-state index in [4.69, 9.17) is 0 Å². The van der Waals surface area contributed by atoms with Crippen LogP contribution in [-0.4, -0.2) is 16.8 Å². The number of hydrogen-bond donors (Lipinski definition) is 1. The van der Waals surface area contributed by atoms with Gasteiger partial charge in [-0.1, -0.05) is 44.7 Å². The van der Waals surface area contributed by atoms with E-state index in [9.17, 15) is 4.79 Å². The summed E-state index contributed by atoms with van der Waals surface area (Å²) in [4.78, 5) is 12.3. The molecule has 1 aromatic rings. The fourth-order valence-electron chi connectivity index (χ4n) is 2.44. The summed E-state index contributed by atoms with van der Waals surface area (Å²) in [6.45, 7) is 2.00. The van der Waals surface area contributed by atoms with Crippen molar-refractivity contribution in [3.05, 3.63) is 33.8 Å². The summed E-state index contributed by atoms with van der Waals surface area (Å²) < 4.78 is 1.04. The molecule has 1 saturated carbocycles. The predicted molar refractivity (Wildman–Crippen MR) is 81.3 cm³/mol. The van der Waals surface area contributed by atoms with Crippen LogP contribution in [-0.2, 0) is 0 Å². The lowest BCUT2D eigenvalue weighted by Crippen LogP contribution is -2.47. The quantitative estimate of drug-likeness (QED) is 0.789. The number of halogens is 2. The Morgan fingerprint density at radius 1 is 1.39 bits per heavy atom. The molecule has 0 bridgehead atoms. The second kappa shape index (κ2) is 5.74.